The van der Waals surface area contributed by atoms with Gasteiger partial charge in [0.25, 0.3) is 0 Å². The van der Waals surface area contributed by atoms with Gasteiger partial charge in [0, 0.05) is 27.2 Å². The lowest BCUT2D eigenvalue weighted by molar-refractivity contribution is -0.129. The van der Waals surface area contributed by atoms with Crippen molar-refractivity contribution >= 4 is 5.91 Å². The van der Waals surface area contributed by atoms with Gasteiger partial charge in [0.15, 0.2) is 0 Å². The van der Waals surface area contributed by atoms with Gasteiger partial charge in [0.1, 0.15) is 5.82 Å². The first-order valence-electron chi connectivity index (χ1n) is 5.81. The zero-order valence-electron chi connectivity index (χ0n) is 10.8. The predicted octanol–water partition coefficient (Wildman–Crippen LogP) is 1.02. The molecule has 0 aromatic heterocycles. The van der Waals surface area contributed by atoms with E-state index in [1.807, 2.05) is 0 Å². The van der Waals surface area contributed by atoms with Gasteiger partial charge in [-0.25, -0.2) is 4.39 Å². The molecule has 0 saturated heterocycles. The third kappa shape index (κ3) is 5.25. The molecule has 1 amide bonds. The Morgan fingerprint density at radius 1 is 1.39 bits per heavy atom. The van der Waals surface area contributed by atoms with E-state index in [0.29, 0.717) is 19.7 Å². The van der Waals surface area contributed by atoms with Crippen LogP contribution in [0.4, 0.5) is 4.39 Å². The number of rotatable bonds is 7. The second-order valence-electron chi connectivity index (χ2n) is 4.05. The van der Waals surface area contributed by atoms with E-state index in [2.05, 4.69) is 5.32 Å². The summed E-state index contributed by atoms with van der Waals surface area (Å²) in [6, 6.07) is 6.14. The number of methoxy groups -OCH3 is 1. The molecule has 0 fully saturated rings. The minimum atomic E-state index is -0.269. The number of nitrogens with zero attached hydrogens (tertiary/aromatic N) is 1. The molecule has 0 bridgehead atoms. The van der Waals surface area contributed by atoms with E-state index >= 15 is 0 Å². The highest BCUT2D eigenvalue weighted by Crippen LogP contribution is 2.05. The zero-order valence-corrected chi connectivity index (χ0v) is 10.8. The molecule has 0 spiro atoms. The normalized spacial score (nSPS) is 10.4. The Kier molecular flexibility index (Phi) is 6.32. The number of halogens is 1. The topological polar surface area (TPSA) is 41.6 Å². The molecule has 1 rings (SSSR count). The van der Waals surface area contributed by atoms with Crippen molar-refractivity contribution in [2.45, 2.75) is 6.54 Å². The maximum absolute atomic E-state index is 12.7. The molecule has 5 heteroatoms. The Balaban J connectivity index is 2.33. The summed E-state index contributed by atoms with van der Waals surface area (Å²) >= 11 is 0. The fraction of sp³-hybridized carbons (Fsp3) is 0.462. The number of benzene rings is 1. The Bertz CT molecular complexity index is 368. The summed E-state index contributed by atoms with van der Waals surface area (Å²) in [5.41, 5.74) is 0.907. The van der Waals surface area contributed by atoms with Crippen molar-refractivity contribution in [1.82, 2.24) is 10.2 Å². The van der Waals surface area contributed by atoms with Gasteiger partial charge in [-0.3, -0.25) is 4.79 Å². The van der Waals surface area contributed by atoms with Gasteiger partial charge in [-0.2, -0.15) is 0 Å². The molecule has 1 aromatic rings. The summed E-state index contributed by atoms with van der Waals surface area (Å²) in [6.45, 7) is 1.98. The van der Waals surface area contributed by atoms with Crippen LogP contribution < -0.4 is 5.32 Å². The summed E-state index contributed by atoms with van der Waals surface area (Å²) in [5.74, 6) is -0.274. The molecule has 1 aromatic carbocycles. The van der Waals surface area contributed by atoms with E-state index in [4.69, 9.17) is 4.74 Å². The number of hydrogen-bond donors (Lipinski definition) is 1. The van der Waals surface area contributed by atoms with Crippen LogP contribution in [0.2, 0.25) is 0 Å². The van der Waals surface area contributed by atoms with E-state index in [-0.39, 0.29) is 18.3 Å². The van der Waals surface area contributed by atoms with E-state index < -0.39 is 0 Å². The molecule has 0 aliphatic rings. The van der Waals surface area contributed by atoms with E-state index in [1.54, 1.807) is 31.2 Å². The maximum Gasteiger partial charge on any atom is 0.236 e. The standard InChI is InChI=1S/C13H19FN2O2/c1-16(13(17)9-15-7-8-18-2)10-11-3-5-12(14)6-4-11/h3-6,15H,7-10H2,1-2H3. The Morgan fingerprint density at radius 3 is 2.67 bits per heavy atom. The highest BCUT2D eigenvalue weighted by molar-refractivity contribution is 5.77. The van der Waals surface area contributed by atoms with Gasteiger partial charge < -0.3 is 15.0 Å². The van der Waals surface area contributed by atoms with Crippen LogP contribution in [0, 0.1) is 5.82 Å². The summed E-state index contributed by atoms with van der Waals surface area (Å²) < 4.78 is 17.6. The van der Waals surface area contributed by atoms with Gasteiger partial charge in [-0.05, 0) is 17.7 Å². The van der Waals surface area contributed by atoms with Gasteiger partial charge >= 0.3 is 0 Å². The van der Waals surface area contributed by atoms with E-state index in [1.165, 1.54) is 12.1 Å². The molecule has 0 saturated carbocycles. The molecule has 100 valence electrons. The molecule has 4 nitrogen and oxygen atoms in total. The zero-order chi connectivity index (χ0) is 13.4. The van der Waals surface area contributed by atoms with Crippen molar-refractivity contribution < 1.29 is 13.9 Å². The lowest BCUT2D eigenvalue weighted by atomic mass is 10.2. The number of nitrogens with one attached hydrogen (secondary N) is 1. The van der Waals surface area contributed by atoms with Crippen LogP contribution in [0.25, 0.3) is 0 Å². The first-order chi connectivity index (χ1) is 8.63. The fourth-order valence-corrected chi connectivity index (χ4v) is 1.46. The largest absolute Gasteiger partial charge is 0.383 e. The smallest absolute Gasteiger partial charge is 0.236 e. The van der Waals surface area contributed by atoms with Crippen molar-refractivity contribution in [2.75, 3.05) is 33.9 Å². The SMILES string of the molecule is COCCNCC(=O)N(C)Cc1ccc(F)cc1. The molecular weight excluding hydrogens is 235 g/mol. The highest BCUT2D eigenvalue weighted by atomic mass is 19.1. The number of ether oxygens (including phenoxy) is 1. The Hall–Kier alpha value is -1.46. The van der Waals surface area contributed by atoms with Crippen LogP contribution in [-0.4, -0.2) is 44.7 Å². The third-order valence-corrected chi connectivity index (χ3v) is 2.52. The Labute approximate surface area is 107 Å². The molecular formula is C13H19FN2O2. The number of carbonyl (C=O) groups excluding carboxylic acids is 1. The molecule has 1 N–H and O–H groups in total. The second kappa shape index (κ2) is 7.79. The maximum atomic E-state index is 12.7. The predicted molar refractivity (Wildman–Crippen MR) is 67.6 cm³/mol. The fourth-order valence-electron chi connectivity index (χ4n) is 1.46. The van der Waals surface area contributed by atoms with Crippen LogP contribution in [0.15, 0.2) is 24.3 Å². The van der Waals surface area contributed by atoms with Crippen molar-refractivity contribution in [3.8, 4) is 0 Å². The number of likely N-dealkylation sites (N-methyl/N-ethyl adjacent to an activating group) is 1. The minimum Gasteiger partial charge on any atom is -0.383 e. The molecule has 0 aliphatic carbocycles. The molecule has 18 heavy (non-hydrogen) atoms. The summed E-state index contributed by atoms with van der Waals surface area (Å²) in [6.07, 6.45) is 0. The second-order valence-corrected chi connectivity index (χ2v) is 4.05. The number of amides is 1. The lowest BCUT2D eigenvalue weighted by Crippen LogP contribution is -2.36. The van der Waals surface area contributed by atoms with Crippen LogP contribution >= 0.6 is 0 Å². The van der Waals surface area contributed by atoms with Crippen LogP contribution in [-0.2, 0) is 16.1 Å². The van der Waals surface area contributed by atoms with Gasteiger partial charge in [0.05, 0.1) is 13.2 Å². The van der Waals surface area contributed by atoms with E-state index in [9.17, 15) is 9.18 Å². The summed E-state index contributed by atoms with van der Waals surface area (Å²) in [7, 11) is 3.34. The van der Waals surface area contributed by atoms with Crippen molar-refractivity contribution in [3.63, 3.8) is 0 Å². The average Bonchev–Trinajstić information content (AvgIpc) is 2.37. The molecule has 0 unspecified atom stereocenters. The monoisotopic (exact) mass is 254 g/mol. The minimum absolute atomic E-state index is 0.00423. The van der Waals surface area contributed by atoms with Crippen LogP contribution in [0.3, 0.4) is 0 Å². The average molecular weight is 254 g/mol. The van der Waals surface area contributed by atoms with Gasteiger partial charge in [-0.15, -0.1) is 0 Å². The van der Waals surface area contributed by atoms with Crippen molar-refractivity contribution in [3.05, 3.63) is 35.6 Å². The summed E-state index contributed by atoms with van der Waals surface area (Å²) in [4.78, 5) is 13.3. The number of carbonyl (C=O) groups is 1. The van der Waals surface area contributed by atoms with Crippen molar-refractivity contribution in [1.29, 1.82) is 0 Å². The highest BCUT2D eigenvalue weighted by Gasteiger charge is 2.08. The number of hydrogen-bond acceptors (Lipinski definition) is 3. The molecule has 0 radical (unpaired) electrons. The Morgan fingerprint density at radius 2 is 2.06 bits per heavy atom. The quantitative estimate of drug-likeness (QED) is 0.739. The lowest BCUT2D eigenvalue weighted by Gasteiger charge is -2.17. The van der Waals surface area contributed by atoms with Crippen LogP contribution in [0.5, 0.6) is 0 Å². The first-order valence-corrected chi connectivity index (χ1v) is 5.81. The van der Waals surface area contributed by atoms with Crippen molar-refractivity contribution in [2.24, 2.45) is 0 Å². The van der Waals surface area contributed by atoms with Gasteiger partial charge in [-0.1, -0.05) is 12.1 Å². The first kappa shape index (κ1) is 14.6. The molecule has 0 atom stereocenters. The third-order valence-electron chi connectivity index (χ3n) is 2.52. The summed E-state index contributed by atoms with van der Waals surface area (Å²) in [5, 5.41) is 2.99. The van der Waals surface area contributed by atoms with E-state index in [0.717, 1.165) is 5.56 Å². The van der Waals surface area contributed by atoms with Crippen LogP contribution in [0.1, 0.15) is 5.56 Å². The van der Waals surface area contributed by atoms with Gasteiger partial charge in [0.2, 0.25) is 5.91 Å². The molecule has 0 heterocycles. The molecule has 0 aliphatic heterocycles.